The van der Waals surface area contributed by atoms with Crippen LogP contribution in [0.2, 0.25) is 0 Å². The van der Waals surface area contributed by atoms with E-state index in [9.17, 15) is 0 Å². The van der Waals surface area contributed by atoms with Crippen molar-refractivity contribution in [2.24, 2.45) is 11.7 Å². The lowest BCUT2D eigenvalue weighted by molar-refractivity contribution is 0.524. The Morgan fingerprint density at radius 2 is 1.81 bits per heavy atom. The van der Waals surface area contributed by atoms with Gasteiger partial charge in [0.1, 0.15) is 0 Å². The number of nitrogens with two attached hydrogens (primary N) is 1. The van der Waals surface area contributed by atoms with Crippen LogP contribution in [0.25, 0.3) is 0 Å². The number of aryl methyl sites for hydroxylation is 1. The molecule has 0 amide bonds. The monoisotopic (exact) mass is 237 g/mol. The van der Waals surface area contributed by atoms with E-state index in [1.165, 1.54) is 11.1 Å². The highest BCUT2D eigenvalue weighted by molar-refractivity contribution is 7.98. The Morgan fingerprint density at radius 3 is 2.38 bits per heavy atom. The van der Waals surface area contributed by atoms with Crippen LogP contribution in [0, 0.1) is 12.8 Å². The van der Waals surface area contributed by atoms with Crippen molar-refractivity contribution in [2.45, 2.75) is 39.0 Å². The van der Waals surface area contributed by atoms with Gasteiger partial charge in [-0.3, -0.25) is 0 Å². The Kier molecular flexibility index (Phi) is 5.93. The number of benzene rings is 1. The first-order chi connectivity index (χ1) is 7.58. The molecule has 0 saturated carbocycles. The predicted molar refractivity (Wildman–Crippen MR) is 74.8 cm³/mol. The molecule has 1 unspecified atom stereocenters. The van der Waals surface area contributed by atoms with Gasteiger partial charge >= 0.3 is 0 Å². The molecule has 0 heterocycles. The van der Waals surface area contributed by atoms with Crippen LogP contribution in [0.3, 0.4) is 0 Å². The van der Waals surface area contributed by atoms with Crippen LogP contribution in [-0.4, -0.2) is 11.8 Å². The Hall–Kier alpha value is -0.470. The van der Waals surface area contributed by atoms with Gasteiger partial charge in [0.05, 0.1) is 0 Å². The molecule has 0 fully saturated rings. The summed E-state index contributed by atoms with van der Waals surface area (Å²) < 4.78 is 0. The van der Waals surface area contributed by atoms with Crippen LogP contribution >= 0.6 is 11.8 Å². The molecule has 1 aromatic rings. The average molecular weight is 237 g/mol. The molecule has 0 spiro atoms. The second-order valence-corrected chi connectivity index (χ2v) is 5.92. The summed E-state index contributed by atoms with van der Waals surface area (Å²) in [5, 5.41) is 0. The third-order valence-corrected chi connectivity index (χ3v) is 3.70. The number of rotatable bonds is 6. The lowest BCUT2D eigenvalue weighted by atomic mass is 10.1. The summed E-state index contributed by atoms with van der Waals surface area (Å²) in [4.78, 5) is 0. The van der Waals surface area contributed by atoms with Gasteiger partial charge in [-0.05, 0) is 24.8 Å². The minimum Gasteiger partial charge on any atom is -0.327 e. The molecule has 0 bridgehead atoms. The van der Waals surface area contributed by atoms with Gasteiger partial charge in [0.15, 0.2) is 0 Å². The van der Waals surface area contributed by atoms with Crippen molar-refractivity contribution in [1.82, 2.24) is 0 Å². The second kappa shape index (κ2) is 6.97. The van der Waals surface area contributed by atoms with E-state index in [4.69, 9.17) is 5.73 Å². The lowest BCUT2D eigenvalue weighted by Gasteiger charge is -2.13. The first-order valence-electron chi connectivity index (χ1n) is 5.97. The first-order valence-corrected chi connectivity index (χ1v) is 7.12. The summed E-state index contributed by atoms with van der Waals surface area (Å²) in [5.74, 6) is 2.84. The van der Waals surface area contributed by atoms with E-state index in [1.54, 1.807) is 0 Å². The zero-order valence-electron chi connectivity index (χ0n) is 10.6. The molecule has 0 aliphatic carbocycles. The maximum absolute atomic E-state index is 6.04. The number of hydrogen-bond acceptors (Lipinski definition) is 2. The van der Waals surface area contributed by atoms with E-state index in [2.05, 4.69) is 45.0 Å². The van der Waals surface area contributed by atoms with Crippen LogP contribution in [-0.2, 0) is 5.75 Å². The molecule has 0 aliphatic rings. The lowest BCUT2D eigenvalue weighted by Crippen LogP contribution is -2.24. The van der Waals surface area contributed by atoms with Gasteiger partial charge < -0.3 is 5.73 Å². The molecule has 16 heavy (non-hydrogen) atoms. The molecule has 0 aliphatic heterocycles. The van der Waals surface area contributed by atoms with Crippen molar-refractivity contribution in [1.29, 1.82) is 0 Å². The average Bonchev–Trinajstić information content (AvgIpc) is 2.20. The molecular weight excluding hydrogens is 214 g/mol. The largest absolute Gasteiger partial charge is 0.327 e. The van der Waals surface area contributed by atoms with Gasteiger partial charge in [-0.1, -0.05) is 43.7 Å². The zero-order chi connectivity index (χ0) is 12.0. The molecule has 90 valence electrons. The van der Waals surface area contributed by atoms with E-state index in [0.29, 0.717) is 12.0 Å². The van der Waals surface area contributed by atoms with Gasteiger partial charge in [-0.15, -0.1) is 0 Å². The fourth-order valence-corrected chi connectivity index (χ4v) is 2.67. The molecule has 2 heteroatoms. The maximum atomic E-state index is 6.04. The molecule has 0 radical (unpaired) electrons. The van der Waals surface area contributed by atoms with Gasteiger partial charge in [0.2, 0.25) is 0 Å². The van der Waals surface area contributed by atoms with Crippen molar-refractivity contribution in [2.75, 3.05) is 5.75 Å². The predicted octanol–water partition coefficient (Wildman–Crippen LogP) is 3.60. The summed E-state index contributed by atoms with van der Waals surface area (Å²) in [7, 11) is 0. The Bertz CT molecular complexity index is 292. The van der Waals surface area contributed by atoms with E-state index in [1.807, 2.05) is 11.8 Å². The van der Waals surface area contributed by atoms with Crippen LogP contribution in [0.1, 0.15) is 31.4 Å². The molecular formula is C14H23NS. The molecule has 2 N–H and O–H groups in total. The minimum absolute atomic E-state index is 0.343. The SMILES string of the molecule is Cc1ccc(CSCC(N)CC(C)C)cc1. The summed E-state index contributed by atoms with van der Waals surface area (Å²) in [6.45, 7) is 6.57. The number of hydrogen-bond donors (Lipinski definition) is 1. The highest BCUT2D eigenvalue weighted by Crippen LogP contribution is 2.15. The standard InChI is InChI=1S/C14H23NS/c1-11(2)8-14(15)10-16-9-13-6-4-12(3)5-7-13/h4-7,11,14H,8-10,15H2,1-3H3. The first kappa shape index (κ1) is 13.6. The minimum atomic E-state index is 0.343. The van der Waals surface area contributed by atoms with Crippen molar-refractivity contribution < 1.29 is 0 Å². The highest BCUT2D eigenvalue weighted by Gasteiger charge is 2.05. The van der Waals surface area contributed by atoms with E-state index >= 15 is 0 Å². The summed E-state index contributed by atoms with van der Waals surface area (Å²) in [6.07, 6.45) is 1.13. The molecule has 1 atom stereocenters. The van der Waals surface area contributed by atoms with Crippen LogP contribution in [0.15, 0.2) is 24.3 Å². The van der Waals surface area contributed by atoms with Gasteiger partial charge in [0, 0.05) is 17.5 Å². The van der Waals surface area contributed by atoms with Gasteiger partial charge in [-0.2, -0.15) is 11.8 Å². The molecule has 1 aromatic carbocycles. The number of thioether (sulfide) groups is 1. The Morgan fingerprint density at radius 1 is 1.19 bits per heavy atom. The van der Waals surface area contributed by atoms with E-state index in [-0.39, 0.29) is 0 Å². The summed E-state index contributed by atoms with van der Waals surface area (Å²) >= 11 is 1.94. The second-order valence-electron chi connectivity index (χ2n) is 4.89. The molecule has 1 nitrogen and oxygen atoms in total. The summed E-state index contributed by atoms with van der Waals surface area (Å²) in [5.41, 5.74) is 8.76. The van der Waals surface area contributed by atoms with Crippen molar-refractivity contribution in [3.8, 4) is 0 Å². The molecule has 0 aromatic heterocycles. The Labute approximate surface area is 104 Å². The van der Waals surface area contributed by atoms with Crippen LogP contribution in [0.4, 0.5) is 0 Å². The third-order valence-electron chi connectivity index (χ3n) is 2.50. The summed E-state index contributed by atoms with van der Waals surface area (Å²) in [6, 6.07) is 9.09. The van der Waals surface area contributed by atoms with E-state index < -0.39 is 0 Å². The van der Waals surface area contributed by atoms with Gasteiger partial charge in [-0.25, -0.2) is 0 Å². The quantitative estimate of drug-likeness (QED) is 0.818. The van der Waals surface area contributed by atoms with Crippen LogP contribution in [0.5, 0.6) is 0 Å². The third kappa shape index (κ3) is 5.57. The fourth-order valence-electron chi connectivity index (χ4n) is 1.69. The van der Waals surface area contributed by atoms with Crippen molar-refractivity contribution in [3.05, 3.63) is 35.4 Å². The van der Waals surface area contributed by atoms with Crippen molar-refractivity contribution >= 4 is 11.8 Å². The molecule has 1 rings (SSSR count). The topological polar surface area (TPSA) is 26.0 Å². The maximum Gasteiger partial charge on any atom is 0.0185 e. The smallest absolute Gasteiger partial charge is 0.0185 e. The van der Waals surface area contributed by atoms with Gasteiger partial charge in [0.25, 0.3) is 0 Å². The normalized spacial score (nSPS) is 13.1. The highest BCUT2D eigenvalue weighted by atomic mass is 32.2. The van der Waals surface area contributed by atoms with Crippen molar-refractivity contribution in [3.63, 3.8) is 0 Å². The van der Waals surface area contributed by atoms with Crippen LogP contribution < -0.4 is 5.73 Å². The fraction of sp³-hybridized carbons (Fsp3) is 0.571. The molecule has 0 saturated heterocycles. The Balaban J connectivity index is 2.22. The van der Waals surface area contributed by atoms with E-state index in [0.717, 1.165) is 17.9 Å². The zero-order valence-corrected chi connectivity index (χ0v) is 11.4.